The van der Waals surface area contributed by atoms with E-state index in [1.165, 1.54) is 22.3 Å². The summed E-state index contributed by atoms with van der Waals surface area (Å²) in [5.41, 5.74) is 1.67. The van der Waals surface area contributed by atoms with Gasteiger partial charge in [-0.15, -0.1) is 0 Å². The van der Waals surface area contributed by atoms with Crippen LogP contribution in [-0.2, 0) is 15.8 Å². The first-order valence-corrected chi connectivity index (χ1v) is 11.6. The Kier molecular flexibility index (Phi) is 5.73. The fourth-order valence-electron chi connectivity index (χ4n) is 2.97. The van der Waals surface area contributed by atoms with Crippen LogP contribution in [0.2, 0.25) is 5.02 Å². The van der Waals surface area contributed by atoms with Crippen molar-refractivity contribution in [3.63, 3.8) is 0 Å². The lowest BCUT2D eigenvalue weighted by Crippen LogP contribution is -2.27. The number of nitrogens with zero attached hydrogens (tertiary/aromatic N) is 3. The highest BCUT2D eigenvalue weighted by Crippen LogP contribution is 2.27. The Morgan fingerprint density at radius 3 is 2.54 bits per heavy atom. The maximum absolute atomic E-state index is 12.5. The number of rotatable bonds is 6. The Morgan fingerprint density at radius 1 is 1.11 bits per heavy atom. The zero-order valence-corrected chi connectivity index (χ0v) is 17.3. The molecule has 9 heteroatoms. The van der Waals surface area contributed by atoms with Gasteiger partial charge in [0.25, 0.3) is 0 Å². The average molecular weight is 436 g/mol. The number of hydrogen-bond donors (Lipinski definition) is 0. The molecule has 0 bridgehead atoms. The third-order valence-electron chi connectivity index (χ3n) is 4.47. The Labute approximate surface area is 172 Å². The van der Waals surface area contributed by atoms with Gasteiger partial charge >= 0.3 is 0 Å². The van der Waals surface area contributed by atoms with Gasteiger partial charge in [-0.05, 0) is 37.1 Å². The minimum Gasteiger partial charge on any atom is -0.360 e. The van der Waals surface area contributed by atoms with Gasteiger partial charge in [-0.25, -0.2) is 13.4 Å². The summed E-state index contributed by atoms with van der Waals surface area (Å²) in [5, 5.41) is 5.48. The molecule has 0 unspecified atom stereocenters. The second kappa shape index (κ2) is 8.24. The second-order valence-electron chi connectivity index (χ2n) is 6.42. The molecule has 0 saturated carbocycles. The highest BCUT2D eigenvalue weighted by Gasteiger charge is 2.27. The molecule has 146 valence electrons. The van der Waals surface area contributed by atoms with Gasteiger partial charge in [0.1, 0.15) is 16.3 Å². The summed E-state index contributed by atoms with van der Waals surface area (Å²) in [6, 6.07) is 12.6. The van der Waals surface area contributed by atoms with Crippen molar-refractivity contribution < 1.29 is 12.9 Å². The summed E-state index contributed by atoms with van der Waals surface area (Å²) in [7, 11) is -3.43. The lowest BCUT2D eigenvalue weighted by molar-refractivity contribution is 0.397. The maximum atomic E-state index is 12.5. The molecule has 3 heterocycles. The molecule has 1 aliphatic rings. The van der Waals surface area contributed by atoms with Crippen LogP contribution in [0, 0.1) is 0 Å². The van der Waals surface area contributed by atoms with Crippen molar-refractivity contribution in [3.05, 3.63) is 59.4 Å². The number of thioether (sulfide) groups is 1. The van der Waals surface area contributed by atoms with E-state index >= 15 is 0 Å². The van der Waals surface area contributed by atoms with Gasteiger partial charge in [-0.2, -0.15) is 4.31 Å². The Bertz CT molecular complexity index is 1040. The normalized spacial score (nSPS) is 15.2. The molecule has 0 amide bonds. The molecule has 1 fully saturated rings. The Morgan fingerprint density at radius 2 is 1.86 bits per heavy atom. The van der Waals surface area contributed by atoms with Crippen molar-refractivity contribution in [1.29, 1.82) is 0 Å². The fourth-order valence-corrected chi connectivity index (χ4v) is 5.27. The number of aromatic nitrogens is 2. The third kappa shape index (κ3) is 4.25. The summed E-state index contributed by atoms with van der Waals surface area (Å²) >= 11 is 7.37. The summed E-state index contributed by atoms with van der Waals surface area (Å²) in [5.74, 6) is 1.26. The van der Waals surface area contributed by atoms with E-state index < -0.39 is 10.0 Å². The second-order valence-corrected chi connectivity index (χ2v) is 9.79. The lowest BCUT2D eigenvalue weighted by atomic mass is 10.1. The molecule has 2 aromatic heterocycles. The summed E-state index contributed by atoms with van der Waals surface area (Å²) in [6.07, 6.45) is 3.25. The van der Waals surface area contributed by atoms with Crippen LogP contribution in [0.3, 0.4) is 0 Å². The van der Waals surface area contributed by atoms with E-state index in [2.05, 4.69) is 10.1 Å². The van der Waals surface area contributed by atoms with Gasteiger partial charge in [0, 0.05) is 35.9 Å². The number of pyridine rings is 1. The molecule has 6 nitrogen and oxygen atoms in total. The smallest absolute Gasteiger partial charge is 0.244 e. The zero-order valence-electron chi connectivity index (χ0n) is 14.9. The number of hydrogen-bond acceptors (Lipinski definition) is 6. The van der Waals surface area contributed by atoms with Crippen molar-refractivity contribution in [2.75, 3.05) is 13.1 Å². The first-order valence-electron chi connectivity index (χ1n) is 8.83. The monoisotopic (exact) mass is 435 g/mol. The molecule has 0 radical (unpaired) electrons. The highest BCUT2D eigenvalue weighted by atomic mass is 35.5. The predicted octanol–water partition coefficient (Wildman–Crippen LogP) is 4.47. The van der Waals surface area contributed by atoms with Crippen LogP contribution in [0.4, 0.5) is 0 Å². The topological polar surface area (TPSA) is 76.3 Å². The van der Waals surface area contributed by atoms with E-state index in [1.54, 1.807) is 12.1 Å². The van der Waals surface area contributed by atoms with Crippen LogP contribution in [0.15, 0.2) is 63.1 Å². The average Bonchev–Trinajstić information content (AvgIpc) is 3.40. The van der Waals surface area contributed by atoms with E-state index in [0.717, 1.165) is 29.1 Å². The van der Waals surface area contributed by atoms with Crippen molar-refractivity contribution in [2.45, 2.75) is 28.5 Å². The molecule has 28 heavy (non-hydrogen) atoms. The Hall–Kier alpha value is -1.87. The van der Waals surface area contributed by atoms with Crippen LogP contribution >= 0.6 is 23.4 Å². The third-order valence-corrected chi connectivity index (χ3v) is 7.57. The molecule has 0 spiro atoms. The van der Waals surface area contributed by atoms with Gasteiger partial charge in [0.15, 0.2) is 0 Å². The first kappa shape index (κ1) is 19.4. The quantitative estimate of drug-likeness (QED) is 0.532. The standard InChI is InChI=1S/C19H18ClN3O3S2/c20-15-5-3-14(4-6-15)18-11-16(26-22-18)13-27-19-8-7-17(12-21-19)28(24,25)23-9-1-2-10-23/h3-8,11-12H,1-2,9-10,13H2. The highest BCUT2D eigenvalue weighted by molar-refractivity contribution is 7.98. The van der Waals surface area contributed by atoms with Crippen LogP contribution in [0.1, 0.15) is 18.6 Å². The van der Waals surface area contributed by atoms with Crippen LogP contribution in [-0.4, -0.2) is 36.0 Å². The van der Waals surface area contributed by atoms with Crippen LogP contribution in [0.25, 0.3) is 11.3 Å². The van der Waals surface area contributed by atoms with Gasteiger partial charge in [0.2, 0.25) is 10.0 Å². The molecule has 1 saturated heterocycles. The number of benzene rings is 1. The molecule has 1 aromatic carbocycles. The van der Waals surface area contributed by atoms with Crippen molar-refractivity contribution in [1.82, 2.24) is 14.4 Å². The zero-order chi connectivity index (χ0) is 19.6. The lowest BCUT2D eigenvalue weighted by Gasteiger charge is -2.15. The summed E-state index contributed by atoms with van der Waals surface area (Å²) in [4.78, 5) is 4.53. The minimum absolute atomic E-state index is 0.239. The van der Waals surface area contributed by atoms with Crippen molar-refractivity contribution in [2.24, 2.45) is 0 Å². The van der Waals surface area contributed by atoms with E-state index in [-0.39, 0.29) is 4.90 Å². The molecule has 0 atom stereocenters. The van der Waals surface area contributed by atoms with Crippen LogP contribution < -0.4 is 0 Å². The maximum Gasteiger partial charge on any atom is 0.244 e. The molecule has 1 aliphatic heterocycles. The minimum atomic E-state index is -3.43. The van der Waals surface area contributed by atoms with Crippen molar-refractivity contribution >= 4 is 33.4 Å². The van der Waals surface area contributed by atoms with Gasteiger partial charge in [-0.1, -0.05) is 40.7 Å². The van der Waals surface area contributed by atoms with Gasteiger partial charge in [-0.3, -0.25) is 0 Å². The van der Waals surface area contributed by atoms with E-state index in [0.29, 0.717) is 29.6 Å². The largest absolute Gasteiger partial charge is 0.360 e. The summed E-state index contributed by atoms with van der Waals surface area (Å²) in [6.45, 7) is 1.17. The van der Waals surface area contributed by atoms with E-state index in [1.807, 2.05) is 30.3 Å². The van der Waals surface area contributed by atoms with E-state index in [9.17, 15) is 8.42 Å². The molecule has 3 aromatic rings. The van der Waals surface area contributed by atoms with Crippen LogP contribution in [0.5, 0.6) is 0 Å². The van der Waals surface area contributed by atoms with E-state index in [4.69, 9.17) is 16.1 Å². The molecular weight excluding hydrogens is 418 g/mol. The molecule has 0 N–H and O–H groups in total. The molecule has 4 rings (SSSR count). The number of halogens is 1. The van der Waals surface area contributed by atoms with Gasteiger partial charge < -0.3 is 4.52 Å². The summed E-state index contributed by atoms with van der Waals surface area (Å²) < 4.78 is 32.0. The van der Waals surface area contributed by atoms with Crippen molar-refractivity contribution in [3.8, 4) is 11.3 Å². The molecular formula is C19H18ClN3O3S2. The van der Waals surface area contributed by atoms with Gasteiger partial charge in [0.05, 0.1) is 10.8 Å². The number of sulfonamides is 1. The fraction of sp³-hybridized carbons (Fsp3) is 0.263. The Balaban J connectivity index is 1.40. The predicted molar refractivity (Wildman–Crippen MR) is 109 cm³/mol. The molecule has 0 aliphatic carbocycles. The first-order chi connectivity index (χ1) is 13.5. The SMILES string of the molecule is O=S(=O)(c1ccc(SCc2cc(-c3ccc(Cl)cc3)no2)nc1)N1CCCC1.